The number of aryl methyl sites for hydroxylation is 1. The summed E-state index contributed by atoms with van der Waals surface area (Å²) in [6, 6.07) is 8.32. The van der Waals surface area contributed by atoms with Crippen LogP contribution in [0, 0.1) is 0 Å². The molecule has 0 aliphatic rings. The minimum absolute atomic E-state index is 0.536. The van der Waals surface area contributed by atoms with Gasteiger partial charge in [-0.05, 0) is 30.5 Å². The lowest BCUT2D eigenvalue weighted by molar-refractivity contribution is 0.744. The molecule has 2 N–H and O–H groups in total. The molecule has 0 atom stereocenters. The molecule has 90 valence electrons. The highest BCUT2D eigenvalue weighted by molar-refractivity contribution is 5.42. The molecule has 0 unspecified atom stereocenters. The number of nitrogens with zero attached hydrogens (tertiary/aromatic N) is 3. The molecule has 0 saturated carbocycles. The quantitative estimate of drug-likeness (QED) is 0.877. The van der Waals surface area contributed by atoms with Gasteiger partial charge < -0.3 is 5.73 Å². The Morgan fingerprint density at radius 2 is 2.12 bits per heavy atom. The summed E-state index contributed by atoms with van der Waals surface area (Å²) in [5, 5.41) is 8.08. The zero-order valence-electron chi connectivity index (χ0n) is 10.3. The summed E-state index contributed by atoms with van der Waals surface area (Å²) in [5.74, 6) is 0.536. The Kier molecular flexibility index (Phi) is 3.42. The van der Waals surface area contributed by atoms with Crippen LogP contribution >= 0.6 is 0 Å². The molecule has 0 aliphatic carbocycles. The van der Waals surface area contributed by atoms with Gasteiger partial charge in [-0.3, -0.25) is 0 Å². The van der Waals surface area contributed by atoms with E-state index in [-0.39, 0.29) is 0 Å². The Bertz CT molecular complexity index is 502. The number of benzene rings is 1. The summed E-state index contributed by atoms with van der Waals surface area (Å²) >= 11 is 0. The predicted molar refractivity (Wildman–Crippen MR) is 69.1 cm³/mol. The van der Waals surface area contributed by atoms with Crippen molar-refractivity contribution < 1.29 is 0 Å². The first-order valence-corrected chi connectivity index (χ1v) is 6.05. The first-order valence-electron chi connectivity index (χ1n) is 6.05. The molecule has 1 aromatic carbocycles. The number of rotatable bonds is 4. The number of nitrogen functional groups attached to an aromatic ring is 1. The van der Waals surface area contributed by atoms with Crippen molar-refractivity contribution in [1.82, 2.24) is 15.0 Å². The van der Waals surface area contributed by atoms with E-state index in [4.69, 9.17) is 5.73 Å². The maximum absolute atomic E-state index is 5.84. The first kappa shape index (κ1) is 11.6. The van der Waals surface area contributed by atoms with Gasteiger partial charge in [0.25, 0.3) is 0 Å². The van der Waals surface area contributed by atoms with E-state index in [9.17, 15) is 0 Å². The summed E-state index contributed by atoms with van der Waals surface area (Å²) in [6.07, 6.45) is 2.95. The molecule has 17 heavy (non-hydrogen) atoms. The van der Waals surface area contributed by atoms with Crippen LogP contribution in [0.2, 0.25) is 0 Å². The number of hydrogen-bond acceptors (Lipinski definition) is 3. The molecule has 1 aromatic heterocycles. The molecule has 2 rings (SSSR count). The molecule has 4 heteroatoms. The highest BCUT2D eigenvalue weighted by atomic mass is 15.4. The summed E-state index contributed by atoms with van der Waals surface area (Å²) in [5.41, 5.74) is 9.17. The van der Waals surface area contributed by atoms with Gasteiger partial charge in [0.05, 0.1) is 11.4 Å². The molecular weight excluding hydrogens is 212 g/mol. The predicted octanol–water partition coefficient (Wildman–Crippen LogP) is 2.36. The van der Waals surface area contributed by atoms with E-state index in [1.807, 2.05) is 16.8 Å². The van der Waals surface area contributed by atoms with Crippen molar-refractivity contribution in [3.05, 3.63) is 35.5 Å². The lowest BCUT2D eigenvalue weighted by Crippen LogP contribution is -2.04. The van der Waals surface area contributed by atoms with Crippen LogP contribution in [-0.4, -0.2) is 15.0 Å². The molecule has 0 saturated heterocycles. The van der Waals surface area contributed by atoms with Crippen LogP contribution in [0.5, 0.6) is 0 Å². The molecule has 2 aromatic rings. The van der Waals surface area contributed by atoms with Gasteiger partial charge in [-0.1, -0.05) is 37.6 Å². The van der Waals surface area contributed by atoms with E-state index >= 15 is 0 Å². The minimum Gasteiger partial charge on any atom is -0.381 e. The Hall–Kier alpha value is -1.84. The van der Waals surface area contributed by atoms with E-state index in [1.165, 1.54) is 5.56 Å². The highest BCUT2D eigenvalue weighted by Gasteiger charge is 2.10. The second-order valence-corrected chi connectivity index (χ2v) is 4.11. The van der Waals surface area contributed by atoms with Crippen molar-refractivity contribution in [3.8, 4) is 5.69 Å². The highest BCUT2D eigenvalue weighted by Crippen LogP contribution is 2.17. The number of nitrogens with two attached hydrogens (primary N) is 1. The topological polar surface area (TPSA) is 56.7 Å². The van der Waals surface area contributed by atoms with Crippen LogP contribution in [0.15, 0.2) is 24.3 Å². The molecule has 4 nitrogen and oxygen atoms in total. The largest absolute Gasteiger partial charge is 0.381 e. The molecule has 0 bridgehead atoms. The zero-order valence-corrected chi connectivity index (χ0v) is 10.3. The summed E-state index contributed by atoms with van der Waals surface area (Å²) in [7, 11) is 0. The van der Waals surface area contributed by atoms with Gasteiger partial charge in [0.15, 0.2) is 5.82 Å². The summed E-state index contributed by atoms with van der Waals surface area (Å²) < 4.78 is 1.85. The third kappa shape index (κ3) is 2.30. The van der Waals surface area contributed by atoms with Crippen LogP contribution in [0.3, 0.4) is 0 Å². The molecule has 0 fully saturated rings. The van der Waals surface area contributed by atoms with Gasteiger partial charge in [-0.2, -0.15) is 0 Å². The van der Waals surface area contributed by atoms with E-state index in [2.05, 4.69) is 36.3 Å². The normalized spacial score (nSPS) is 10.7. The van der Waals surface area contributed by atoms with Crippen LogP contribution in [0.1, 0.15) is 31.5 Å². The fourth-order valence-corrected chi connectivity index (χ4v) is 1.90. The fraction of sp³-hybridized carbons (Fsp3) is 0.385. The Balaban J connectivity index is 2.44. The summed E-state index contributed by atoms with van der Waals surface area (Å²) in [6.45, 7) is 4.26. The van der Waals surface area contributed by atoms with Gasteiger partial charge in [-0.15, -0.1) is 5.10 Å². The van der Waals surface area contributed by atoms with Crippen LogP contribution in [-0.2, 0) is 12.8 Å². The number of anilines is 1. The number of hydrogen-bond donors (Lipinski definition) is 1. The lowest BCUT2D eigenvalue weighted by Gasteiger charge is -2.07. The lowest BCUT2D eigenvalue weighted by atomic mass is 10.1. The smallest absolute Gasteiger partial charge is 0.169 e. The SMILES string of the molecule is CCCc1c(N)nnn1-c1cccc(CC)c1. The van der Waals surface area contributed by atoms with Crippen LogP contribution in [0.4, 0.5) is 5.82 Å². The third-order valence-corrected chi connectivity index (χ3v) is 2.84. The van der Waals surface area contributed by atoms with Crippen molar-refractivity contribution in [3.63, 3.8) is 0 Å². The maximum atomic E-state index is 5.84. The maximum Gasteiger partial charge on any atom is 0.169 e. The van der Waals surface area contributed by atoms with Crippen molar-refractivity contribution in [2.75, 3.05) is 5.73 Å². The molecule has 0 radical (unpaired) electrons. The van der Waals surface area contributed by atoms with Crippen molar-refractivity contribution in [2.45, 2.75) is 33.1 Å². The monoisotopic (exact) mass is 230 g/mol. The molecule has 1 heterocycles. The molecule has 0 spiro atoms. The van der Waals surface area contributed by atoms with Crippen molar-refractivity contribution in [1.29, 1.82) is 0 Å². The fourth-order valence-electron chi connectivity index (χ4n) is 1.90. The second kappa shape index (κ2) is 4.99. The minimum atomic E-state index is 0.536. The Labute approximate surface area is 101 Å². The average Bonchev–Trinajstić information content (AvgIpc) is 2.72. The first-order chi connectivity index (χ1) is 8.26. The van der Waals surface area contributed by atoms with Gasteiger partial charge in [0.1, 0.15) is 0 Å². The van der Waals surface area contributed by atoms with E-state index < -0.39 is 0 Å². The molecular formula is C13H18N4. The van der Waals surface area contributed by atoms with Crippen LogP contribution in [0.25, 0.3) is 5.69 Å². The summed E-state index contributed by atoms with van der Waals surface area (Å²) in [4.78, 5) is 0. The van der Waals surface area contributed by atoms with E-state index in [0.717, 1.165) is 30.6 Å². The third-order valence-electron chi connectivity index (χ3n) is 2.84. The second-order valence-electron chi connectivity index (χ2n) is 4.11. The van der Waals surface area contributed by atoms with Gasteiger partial charge in [-0.25, -0.2) is 4.68 Å². The van der Waals surface area contributed by atoms with Gasteiger partial charge in [0, 0.05) is 0 Å². The van der Waals surface area contributed by atoms with Gasteiger partial charge in [0.2, 0.25) is 0 Å². The molecule has 0 aliphatic heterocycles. The zero-order chi connectivity index (χ0) is 12.3. The number of aromatic nitrogens is 3. The standard InChI is InChI=1S/C13H18N4/c1-3-6-12-13(14)15-16-17(12)11-8-5-7-10(4-2)9-11/h5,7-9H,3-4,6,14H2,1-2H3. The van der Waals surface area contributed by atoms with Crippen LogP contribution < -0.4 is 5.73 Å². The van der Waals surface area contributed by atoms with E-state index in [0.29, 0.717) is 5.82 Å². The van der Waals surface area contributed by atoms with E-state index in [1.54, 1.807) is 0 Å². The van der Waals surface area contributed by atoms with Gasteiger partial charge >= 0.3 is 0 Å². The Morgan fingerprint density at radius 1 is 1.29 bits per heavy atom. The Morgan fingerprint density at radius 3 is 2.82 bits per heavy atom. The average molecular weight is 230 g/mol. The molecule has 0 amide bonds. The van der Waals surface area contributed by atoms with Crippen molar-refractivity contribution >= 4 is 5.82 Å². The van der Waals surface area contributed by atoms with Crippen molar-refractivity contribution in [2.24, 2.45) is 0 Å².